The average molecular weight is 282 g/mol. The van der Waals surface area contributed by atoms with E-state index in [0.717, 1.165) is 24.1 Å². The second-order valence-electron chi connectivity index (χ2n) is 6.21. The van der Waals surface area contributed by atoms with Crippen LogP contribution in [0.4, 0.5) is 5.13 Å². The quantitative estimate of drug-likeness (QED) is 0.899. The Morgan fingerprint density at radius 1 is 1.47 bits per heavy atom. The fourth-order valence-electron chi connectivity index (χ4n) is 2.05. The van der Waals surface area contributed by atoms with Gasteiger partial charge in [-0.1, -0.05) is 32.1 Å². The van der Waals surface area contributed by atoms with Crippen molar-refractivity contribution in [3.8, 4) is 0 Å². The van der Waals surface area contributed by atoms with Gasteiger partial charge in [-0.2, -0.15) is 0 Å². The number of aromatic nitrogens is 1. The summed E-state index contributed by atoms with van der Waals surface area (Å²) in [5.74, 6) is -0.0913. The van der Waals surface area contributed by atoms with E-state index >= 15 is 0 Å². The monoisotopic (exact) mass is 282 g/mol. The van der Waals surface area contributed by atoms with E-state index in [1.165, 1.54) is 24.2 Å². The average Bonchev–Trinajstić information content (AvgIpc) is 2.99. The van der Waals surface area contributed by atoms with Crippen LogP contribution in [0, 0.1) is 5.92 Å². The zero-order valence-corrected chi connectivity index (χ0v) is 12.9. The van der Waals surface area contributed by atoms with Crippen LogP contribution < -0.4 is 4.90 Å². The first kappa shape index (κ1) is 14.3. The van der Waals surface area contributed by atoms with E-state index in [1.54, 1.807) is 0 Å². The van der Waals surface area contributed by atoms with Crippen molar-refractivity contribution in [2.75, 3.05) is 18.0 Å². The molecule has 0 amide bonds. The van der Waals surface area contributed by atoms with Gasteiger partial charge in [-0.15, -0.1) is 0 Å². The van der Waals surface area contributed by atoms with E-state index in [1.807, 2.05) is 20.8 Å². The fourth-order valence-corrected chi connectivity index (χ4v) is 3.24. The lowest BCUT2D eigenvalue weighted by Crippen LogP contribution is -2.25. The first-order chi connectivity index (χ1) is 8.82. The summed E-state index contributed by atoms with van der Waals surface area (Å²) in [5, 5.41) is 10.2. The van der Waals surface area contributed by atoms with E-state index in [-0.39, 0.29) is 5.41 Å². The summed E-state index contributed by atoms with van der Waals surface area (Å²) >= 11 is 1.31. The highest BCUT2D eigenvalue weighted by molar-refractivity contribution is 7.17. The molecule has 2 rings (SSSR count). The predicted octanol–water partition coefficient (Wildman–Crippen LogP) is 3.38. The Kier molecular flexibility index (Phi) is 3.85. The number of thiazole rings is 1. The number of anilines is 1. The second-order valence-corrected chi connectivity index (χ2v) is 7.19. The van der Waals surface area contributed by atoms with Crippen molar-refractivity contribution in [3.63, 3.8) is 0 Å². The maximum Gasteiger partial charge on any atom is 0.347 e. The zero-order valence-electron chi connectivity index (χ0n) is 12.1. The number of carboxylic acids is 1. The Hall–Kier alpha value is -1.10. The summed E-state index contributed by atoms with van der Waals surface area (Å²) in [6, 6.07) is 0. The van der Waals surface area contributed by atoms with Crippen LogP contribution in [0.2, 0.25) is 0 Å². The second kappa shape index (κ2) is 5.12. The third-order valence-corrected chi connectivity index (χ3v) is 4.45. The van der Waals surface area contributed by atoms with Crippen LogP contribution >= 0.6 is 11.3 Å². The maximum atomic E-state index is 11.4. The van der Waals surface area contributed by atoms with Crippen molar-refractivity contribution in [2.45, 2.75) is 46.0 Å². The normalized spacial score (nSPS) is 15.6. The molecule has 19 heavy (non-hydrogen) atoms. The largest absolute Gasteiger partial charge is 0.477 e. The smallest absolute Gasteiger partial charge is 0.347 e. The topological polar surface area (TPSA) is 53.4 Å². The van der Waals surface area contributed by atoms with Crippen molar-refractivity contribution >= 4 is 22.4 Å². The van der Waals surface area contributed by atoms with Gasteiger partial charge in [-0.3, -0.25) is 0 Å². The van der Waals surface area contributed by atoms with Crippen molar-refractivity contribution in [1.82, 2.24) is 4.98 Å². The number of carboxylic acid groups (broad SMARTS) is 1. The van der Waals surface area contributed by atoms with E-state index in [0.29, 0.717) is 10.6 Å². The number of aromatic carboxylic acids is 1. The van der Waals surface area contributed by atoms with Crippen LogP contribution in [0.1, 0.15) is 55.9 Å². The molecule has 1 saturated carbocycles. The highest BCUT2D eigenvalue weighted by atomic mass is 32.1. The number of hydrogen-bond acceptors (Lipinski definition) is 4. The summed E-state index contributed by atoms with van der Waals surface area (Å²) in [7, 11) is 0. The molecular formula is C14H22N2O2S. The molecule has 0 radical (unpaired) electrons. The first-order valence-corrected chi connectivity index (χ1v) is 7.64. The Morgan fingerprint density at radius 3 is 2.47 bits per heavy atom. The third-order valence-electron chi connectivity index (χ3n) is 3.35. The molecule has 1 N–H and O–H groups in total. The molecule has 0 aromatic carbocycles. The molecule has 0 spiro atoms. The van der Waals surface area contributed by atoms with E-state index in [4.69, 9.17) is 0 Å². The van der Waals surface area contributed by atoms with Gasteiger partial charge in [0.2, 0.25) is 0 Å². The van der Waals surface area contributed by atoms with Gasteiger partial charge >= 0.3 is 5.97 Å². The molecule has 0 unspecified atom stereocenters. The minimum absolute atomic E-state index is 0.235. The number of rotatable bonds is 5. The Morgan fingerprint density at radius 2 is 2.11 bits per heavy atom. The van der Waals surface area contributed by atoms with Gasteiger partial charge in [0.15, 0.2) is 5.13 Å². The molecule has 1 aromatic heterocycles. The van der Waals surface area contributed by atoms with Gasteiger partial charge in [0, 0.05) is 18.5 Å². The van der Waals surface area contributed by atoms with E-state index < -0.39 is 5.97 Å². The van der Waals surface area contributed by atoms with Crippen LogP contribution in [-0.4, -0.2) is 29.1 Å². The standard InChI is InChI=1S/C14H22N2O2S/c1-5-16(8-9-6-7-9)13-15-11(14(2,3)4)10(19-13)12(17)18/h9H,5-8H2,1-4H3,(H,17,18). The maximum absolute atomic E-state index is 11.4. The number of hydrogen-bond donors (Lipinski definition) is 1. The van der Waals surface area contributed by atoms with Gasteiger partial charge in [-0.25, -0.2) is 9.78 Å². The number of carbonyl (C=O) groups is 1. The lowest BCUT2D eigenvalue weighted by atomic mass is 9.91. The van der Waals surface area contributed by atoms with Gasteiger partial charge < -0.3 is 10.0 Å². The molecular weight excluding hydrogens is 260 g/mol. The molecule has 5 heteroatoms. The van der Waals surface area contributed by atoms with Crippen molar-refractivity contribution in [2.24, 2.45) is 5.92 Å². The molecule has 1 aliphatic carbocycles. The van der Waals surface area contributed by atoms with Crippen LogP contribution in [0.3, 0.4) is 0 Å². The summed E-state index contributed by atoms with van der Waals surface area (Å²) < 4.78 is 0. The summed E-state index contributed by atoms with van der Waals surface area (Å²) in [5.41, 5.74) is 0.468. The van der Waals surface area contributed by atoms with Crippen LogP contribution in [0.15, 0.2) is 0 Å². The predicted molar refractivity (Wildman–Crippen MR) is 78.4 cm³/mol. The number of nitrogens with zero attached hydrogens (tertiary/aromatic N) is 2. The first-order valence-electron chi connectivity index (χ1n) is 6.82. The van der Waals surface area contributed by atoms with E-state index in [9.17, 15) is 9.90 Å². The molecule has 1 fully saturated rings. The lowest BCUT2D eigenvalue weighted by molar-refractivity contribution is 0.0699. The Balaban J connectivity index is 2.32. The molecule has 0 aliphatic heterocycles. The van der Waals surface area contributed by atoms with Gasteiger partial charge in [0.1, 0.15) is 4.88 Å². The highest BCUT2D eigenvalue weighted by Crippen LogP contribution is 2.36. The summed E-state index contributed by atoms with van der Waals surface area (Å²) in [6.45, 7) is 10.0. The van der Waals surface area contributed by atoms with Crippen LogP contribution in [0.25, 0.3) is 0 Å². The molecule has 4 nitrogen and oxygen atoms in total. The molecule has 106 valence electrons. The molecule has 1 aliphatic rings. The summed E-state index contributed by atoms with van der Waals surface area (Å²) in [6.07, 6.45) is 2.58. The molecule has 0 saturated heterocycles. The molecule has 1 aromatic rings. The van der Waals surface area contributed by atoms with Gasteiger partial charge in [0.05, 0.1) is 5.69 Å². The fraction of sp³-hybridized carbons (Fsp3) is 0.714. The van der Waals surface area contributed by atoms with Crippen molar-refractivity contribution in [3.05, 3.63) is 10.6 Å². The molecule has 0 bridgehead atoms. The SMILES string of the molecule is CCN(CC1CC1)c1nc(C(C)(C)C)c(C(=O)O)s1. The Labute approximate surface area is 118 Å². The van der Waals surface area contributed by atoms with Gasteiger partial charge in [-0.05, 0) is 25.7 Å². The van der Waals surface area contributed by atoms with E-state index in [2.05, 4.69) is 16.8 Å². The molecule has 0 atom stereocenters. The van der Waals surface area contributed by atoms with Crippen molar-refractivity contribution in [1.29, 1.82) is 0 Å². The van der Waals surface area contributed by atoms with Crippen LogP contribution in [-0.2, 0) is 5.41 Å². The summed E-state index contributed by atoms with van der Waals surface area (Å²) in [4.78, 5) is 18.6. The third kappa shape index (κ3) is 3.26. The molecule has 1 heterocycles. The van der Waals surface area contributed by atoms with Gasteiger partial charge in [0.25, 0.3) is 0 Å². The lowest BCUT2D eigenvalue weighted by Gasteiger charge is -2.20. The minimum Gasteiger partial charge on any atom is -0.477 e. The minimum atomic E-state index is -0.865. The zero-order chi connectivity index (χ0) is 14.2. The Bertz CT molecular complexity index is 472. The highest BCUT2D eigenvalue weighted by Gasteiger charge is 2.30. The van der Waals surface area contributed by atoms with Crippen molar-refractivity contribution < 1.29 is 9.90 Å². The van der Waals surface area contributed by atoms with Crippen LogP contribution in [0.5, 0.6) is 0 Å².